The second-order valence-electron chi connectivity index (χ2n) is 5.98. The number of halogens is 2. The fourth-order valence-electron chi connectivity index (χ4n) is 2.67. The van der Waals surface area contributed by atoms with Crippen molar-refractivity contribution in [3.63, 3.8) is 0 Å². The van der Waals surface area contributed by atoms with Gasteiger partial charge in [-0.2, -0.15) is 4.31 Å². The molecule has 1 amide bonds. The number of hydrogen-bond acceptors (Lipinski definition) is 3. The maximum Gasteiger partial charge on any atom is 0.254 e. The molecule has 0 aliphatic rings. The first-order valence-electron chi connectivity index (χ1n) is 8.56. The molecule has 27 heavy (non-hydrogen) atoms. The Kier molecular flexibility index (Phi) is 7.13. The lowest BCUT2D eigenvalue weighted by Crippen LogP contribution is -2.30. The Morgan fingerprint density at radius 1 is 1.15 bits per heavy atom. The highest BCUT2D eigenvalue weighted by atomic mass is 79.9. The fraction of sp³-hybridized carbons (Fsp3) is 0.316. The number of benzene rings is 2. The molecule has 8 heteroatoms. The van der Waals surface area contributed by atoms with E-state index in [1.165, 1.54) is 34.6 Å². The molecule has 0 bridgehead atoms. The lowest BCUT2D eigenvalue weighted by Gasteiger charge is -2.19. The van der Waals surface area contributed by atoms with Crippen LogP contribution in [0, 0.1) is 5.82 Å². The standard InChI is InChI=1S/C19H22BrFN2O3S/c1-4-23(5-2)27(25,26)16-9-6-14(7-10-16)13(3)22-19(24)17-12-15(20)8-11-18(17)21/h6-13H,4-5H2,1-3H3,(H,22,24). The third-order valence-electron chi connectivity index (χ3n) is 4.24. The zero-order valence-corrected chi connectivity index (χ0v) is 17.8. The lowest BCUT2D eigenvalue weighted by atomic mass is 10.1. The van der Waals surface area contributed by atoms with Crippen LogP contribution >= 0.6 is 15.9 Å². The number of sulfonamides is 1. The SMILES string of the molecule is CCN(CC)S(=O)(=O)c1ccc(C(C)NC(=O)c2cc(Br)ccc2F)cc1. The summed E-state index contributed by atoms with van der Waals surface area (Å²) in [5, 5.41) is 2.72. The van der Waals surface area contributed by atoms with Gasteiger partial charge in [0, 0.05) is 17.6 Å². The molecule has 146 valence electrons. The number of carbonyl (C=O) groups is 1. The predicted octanol–water partition coefficient (Wildman–Crippen LogP) is 4.11. The molecule has 0 spiro atoms. The summed E-state index contributed by atoms with van der Waals surface area (Å²) in [6, 6.07) is 10.1. The van der Waals surface area contributed by atoms with E-state index >= 15 is 0 Å². The first-order valence-corrected chi connectivity index (χ1v) is 10.8. The van der Waals surface area contributed by atoms with Crippen LogP contribution in [-0.4, -0.2) is 31.7 Å². The Balaban J connectivity index is 2.17. The molecule has 1 unspecified atom stereocenters. The molecule has 0 heterocycles. The van der Waals surface area contributed by atoms with Gasteiger partial charge in [0.2, 0.25) is 10.0 Å². The Bertz CT molecular complexity index is 913. The minimum absolute atomic E-state index is 0.0584. The van der Waals surface area contributed by atoms with Crippen LogP contribution in [0.3, 0.4) is 0 Å². The van der Waals surface area contributed by atoms with Crippen LogP contribution < -0.4 is 5.32 Å². The van der Waals surface area contributed by atoms with Gasteiger partial charge in [0.25, 0.3) is 5.91 Å². The first kappa shape index (κ1) is 21.5. The predicted molar refractivity (Wildman–Crippen MR) is 107 cm³/mol. The van der Waals surface area contributed by atoms with Crippen LogP contribution in [0.4, 0.5) is 4.39 Å². The topological polar surface area (TPSA) is 66.5 Å². The first-order chi connectivity index (χ1) is 12.7. The van der Waals surface area contributed by atoms with Crippen molar-refractivity contribution in [1.82, 2.24) is 9.62 Å². The van der Waals surface area contributed by atoms with E-state index < -0.39 is 27.8 Å². The van der Waals surface area contributed by atoms with E-state index in [9.17, 15) is 17.6 Å². The molecule has 0 saturated heterocycles. The van der Waals surface area contributed by atoms with Gasteiger partial charge < -0.3 is 5.32 Å². The van der Waals surface area contributed by atoms with Gasteiger partial charge in [-0.3, -0.25) is 4.79 Å². The van der Waals surface area contributed by atoms with Crippen LogP contribution in [0.25, 0.3) is 0 Å². The summed E-state index contributed by atoms with van der Waals surface area (Å²) >= 11 is 3.22. The van der Waals surface area contributed by atoms with Gasteiger partial charge in [0.05, 0.1) is 16.5 Å². The van der Waals surface area contributed by atoms with Crippen LogP contribution in [0.2, 0.25) is 0 Å². The largest absolute Gasteiger partial charge is 0.345 e. The number of hydrogen-bond donors (Lipinski definition) is 1. The van der Waals surface area contributed by atoms with Crippen LogP contribution in [-0.2, 0) is 10.0 Å². The zero-order chi connectivity index (χ0) is 20.2. The van der Waals surface area contributed by atoms with Gasteiger partial charge in [-0.05, 0) is 42.8 Å². The molecule has 2 aromatic carbocycles. The fourth-order valence-corrected chi connectivity index (χ4v) is 4.49. The van der Waals surface area contributed by atoms with E-state index in [0.29, 0.717) is 17.6 Å². The van der Waals surface area contributed by atoms with Crippen molar-refractivity contribution in [1.29, 1.82) is 0 Å². The summed E-state index contributed by atoms with van der Waals surface area (Å²) in [6.07, 6.45) is 0. The van der Waals surface area contributed by atoms with Crippen molar-refractivity contribution in [2.45, 2.75) is 31.7 Å². The Morgan fingerprint density at radius 2 is 1.74 bits per heavy atom. The summed E-state index contributed by atoms with van der Waals surface area (Å²) in [4.78, 5) is 12.5. The molecular weight excluding hydrogens is 435 g/mol. The third kappa shape index (κ3) is 4.94. The number of nitrogens with one attached hydrogen (secondary N) is 1. The number of amides is 1. The van der Waals surface area contributed by atoms with E-state index in [1.807, 2.05) is 0 Å². The van der Waals surface area contributed by atoms with Crippen LogP contribution in [0.5, 0.6) is 0 Å². The normalized spacial score (nSPS) is 12.8. The van der Waals surface area contributed by atoms with Crippen molar-refractivity contribution >= 4 is 31.9 Å². The molecule has 0 fully saturated rings. The van der Waals surface area contributed by atoms with E-state index in [-0.39, 0.29) is 10.5 Å². The Hall–Kier alpha value is -1.77. The van der Waals surface area contributed by atoms with Gasteiger partial charge in [0.1, 0.15) is 5.82 Å². The molecule has 1 atom stereocenters. The highest BCUT2D eigenvalue weighted by Gasteiger charge is 2.22. The summed E-state index contributed by atoms with van der Waals surface area (Å²) in [5.74, 6) is -1.15. The molecular formula is C19H22BrFN2O3S. The monoisotopic (exact) mass is 456 g/mol. The minimum atomic E-state index is -3.53. The average Bonchev–Trinajstić information content (AvgIpc) is 2.64. The van der Waals surface area contributed by atoms with E-state index in [1.54, 1.807) is 32.9 Å². The van der Waals surface area contributed by atoms with Gasteiger partial charge in [-0.25, -0.2) is 12.8 Å². The summed E-state index contributed by atoms with van der Waals surface area (Å²) in [7, 11) is -3.53. The molecule has 2 aromatic rings. The molecule has 0 radical (unpaired) electrons. The maximum atomic E-state index is 13.8. The molecule has 5 nitrogen and oxygen atoms in total. The smallest absolute Gasteiger partial charge is 0.254 e. The lowest BCUT2D eigenvalue weighted by molar-refractivity contribution is 0.0935. The van der Waals surface area contributed by atoms with Crippen molar-refractivity contribution in [2.24, 2.45) is 0 Å². The van der Waals surface area contributed by atoms with Crippen molar-refractivity contribution in [3.8, 4) is 0 Å². The van der Waals surface area contributed by atoms with Crippen molar-refractivity contribution in [3.05, 3.63) is 63.9 Å². The number of nitrogens with zero attached hydrogens (tertiary/aromatic N) is 1. The Labute approximate surface area is 167 Å². The van der Waals surface area contributed by atoms with E-state index in [2.05, 4.69) is 21.2 Å². The number of rotatable bonds is 7. The third-order valence-corrected chi connectivity index (χ3v) is 6.80. The maximum absolute atomic E-state index is 13.8. The van der Waals surface area contributed by atoms with Gasteiger partial charge in [-0.15, -0.1) is 0 Å². The quantitative estimate of drug-likeness (QED) is 0.681. The van der Waals surface area contributed by atoms with Gasteiger partial charge in [-0.1, -0.05) is 41.9 Å². The summed E-state index contributed by atoms with van der Waals surface area (Å²) in [6.45, 7) is 6.11. The number of carbonyl (C=O) groups excluding carboxylic acids is 1. The van der Waals surface area contributed by atoms with Gasteiger partial charge >= 0.3 is 0 Å². The Morgan fingerprint density at radius 3 is 2.30 bits per heavy atom. The molecule has 1 N–H and O–H groups in total. The summed E-state index contributed by atoms with van der Waals surface area (Å²) in [5.41, 5.74) is 0.661. The highest BCUT2D eigenvalue weighted by molar-refractivity contribution is 9.10. The zero-order valence-electron chi connectivity index (χ0n) is 15.4. The molecule has 0 aliphatic heterocycles. The minimum Gasteiger partial charge on any atom is -0.345 e. The van der Waals surface area contributed by atoms with Crippen LogP contribution in [0.15, 0.2) is 51.8 Å². The van der Waals surface area contributed by atoms with E-state index in [4.69, 9.17) is 0 Å². The van der Waals surface area contributed by atoms with Crippen molar-refractivity contribution in [2.75, 3.05) is 13.1 Å². The highest BCUT2D eigenvalue weighted by Crippen LogP contribution is 2.21. The van der Waals surface area contributed by atoms with E-state index in [0.717, 1.165) is 5.56 Å². The molecule has 0 aliphatic carbocycles. The molecule has 0 aromatic heterocycles. The van der Waals surface area contributed by atoms with Gasteiger partial charge in [0.15, 0.2) is 0 Å². The van der Waals surface area contributed by atoms with Crippen LogP contribution in [0.1, 0.15) is 42.7 Å². The van der Waals surface area contributed by atoms with Crippen molar-refractivity contribution < 1.29 is 17.6 Å². The molecule has 0 saturated carbocycles. The second kappa shape index (κ2) is 8.95. The average molecular weight is 457 g/mol. The summed E-state index contributed by atoms with van der Waals surface area (Å²) < 4.78 is 40.9. The second-order valence-corrected chi connectivity index (χ2v) is 8.83. The molecule has 2 rings (SSSR count).